The van der Waals surface area contributed by atoms with Crippen LogP contribution in [-0.2, 0) is 19.1 Å². The van der Waals surface area contributed by atoms with E-state index in [9.17, 15) is 19.5 Å². The summed E-state index contributed by atoms with van der Waals surface area (Å²) in [7, 11) is 0. The van der Waals surface area contributed by atoms with Crippen LogP contribution in [0.2, 0.25) is 0 Å². The summed E-state index contributed by atoms with van der Waals surface area (Å²) < 4.78 is 5.76. The van der Waals surface area contributed by atoms with Crippen LogP contribution in [0.3, 0.4) is 0 Å². The summed E-state index contributed by atoms with van der Waals surface area (Å²) in [4.78, 5) is 36.9. The zero-order valence-electron chi connectivity index (χ0n) is 25.9. The van der Waals surface area contributed by atoms with Crippen LogP contribution in [0.4, 0.5) is 0 Å². The number of carboxylic acid groups (broad SMARTS) is 1. The molecule has 0 saturated carbocycles. The maximum atomic E-state index is 12.7. The van der Waals surface area contributed by atoms with Crippen molar-refractivity contribution < 1.29 is 24.2 Å². The van der Waals surface area contributed by atoms with Crippen LogP contribution in [0.1, 0.15) is 181 Å². The number of carbonyl (C=O) groups excluding carboxylic acids is 2. The van der Waals surface area contributed by atoms with Gasteiger partial charge >= 0.3 is 11.9 Å². The van der Waals surface area contributed by atoms with Crippen molar-refractivity contribution in [3.05, 3.63) is 0 Å². The van der Waals surface area contributed by atoms with E-state index in [1.165, 1.54) is 77.0 Å². The molecule has 0 spiro atoms. The molecule has 2 atom stereocenters. The lowest BCUT2D eigenvalue weighted by Crippen LogP contribution is -2.42. The van der Waals surface area contributed by atoms with Crippen molar-refractivity contribution in [3.8, 4) is 0 Å². The predicted molar refractivity (Wildman–Crippen MR) is 162 cm³/mol. The molecule has 0 unspecified atom stereocenters. The van der Waals surface area contributed by atoms with Crippen molar-refractivity contribution in [1.29, 1.82) is 0 Å². The van der Waals surface area contributed by atoms with Crippen LogP contribution in [0.25, 0.3) is 0 Å². The Morgan fingerprint density at radius 2 is 1.00 bits per heavy atom. The van der Waals surface area contributed by atoms with Crippen molar-refractivity contribution in [2.45, 2.75) is 193 Å². The average Bonchev–Trinajstić information content (AvgIpc) is 2.90. The van der Waals surface area contributed by atoms with Gasteiger partial charge in [-0.3, -0.25) is 9.59 Å². The fraction of sp³-hybridized carbons (Fsp3) is 0.909. The highest BCUT2D eigenvalue weighted by Crippen LogP contribution is 2.17. The zero-order valence-corrected chi connectivity index (χ0v) is 25.9. The van der Waals surface area contributed by atoms with E-state index in [1.807, 2.05) is 0 Å². The number of unbranched alkanes of at least 4 members (excludes halogenated alkanes) is 18. The fourth-order valence-corrected chi connectivity index (χ4v) is 5.03. The summed E-state index contributed by atoms with van der Waals surface area (Å²) in [5.41, 5.74) is 0. The molecule has 0 aliphatic heterocycles. The molecule has 0 aliphatic carbocycles. The minimum atomic E-state index is -1.00. The molecule has 0 radical (unpaired) electrons. The number of aliphatic carboxylic acids is 1. The molecule has 39 heavy (non-hydrogen) atoms. The third-order valence-electron chi connectivity index (χ3n) is 7.55. The number of hydrogen-bond donors (Lipinski definition) is 2. The second kappa shape index (κ2) is 28.0. The van der Waals surface area contributed by atoms with E-state index >= 15 is 0 Å². The van der Waals surface area contributed by atoms with E-state index in [4.69, 9.17) is 4.74 Å². The summed E-state index contributed by atoms with van der Waals surface area (Å²) in [6.45, 7) is 6.52. The first kappa shape index (κ1) is 37.4. The summed E-state index contributed by atoms with van der Waals surface area (Å²) in [6.07, 6.45) is 25.3. The summed E-state index contributed by atoms with van der Waals surface area (Å²) >= 11 is 0. The monoisotopic (exact) mass is 553 g/mol. The van der Waals surface area contributed by atoms with Gasteiger partial charge in [0, 0.05) is 6.42 Å². The lowest BCUT2D eigenvalue weighted by Gasteiger charge is -2.20. The molecule has 0 rings (SSSR count). The van der Waals surface area contributed by atoms with E-state index in [0.29, 0.717) is 19.3 Å². The maximum Gasteiger partial charge on any atom is 0.326 e. The Hall–Kier alpha value is -1.59. The van der Waals surface area contributed by atoms with Gasteiger partial charge in [-0.05, 0) is 25.7 Å². The number of ether oxygens (including phenoxy) is 1. The Labute approximate surface area is 240 Å². The van der Waals surface area contributed by atoms with Crippen LogP contribution in [0, 0.1) is 0 Å². The van der Waals surface area contributed by atoms with E-state index in [2.05, 4.69) is 26.1 Å². The van der Waals surface area contributed by atoms with Crippen LogP contribution < -0.4 is 5.32 Å². The zero-order chi connectivity index (χ0) is 29.0. The highest BCUT2D eigenvalue weighted by Gasteiger charge is 2.23. The normalized spacial score (nSPS) is 12.7. The molecule has 0 saturated heterocycles. The number of esters is 1. The molecule has 0 fully saturated rings. The Kier molecular flexibility index (Phi) is 26.8. The average molecular weight is 554 g/mol. The molecule has 0 aromatic carbocycles. The van der Waals surface area contributed by atoms with Crippen LogP contribution in [0.15, 0.2) is 0 Å². The molecule has 0 bridgehead atoms. The Balaban J connectivity index is 4.52. The first-order valence-corrected chi connectivity index (χ1v) is 16.7. The SMILES string of the molecule is CCCCCCCCCCCC(=O)O[C@H](CCCCCCCCCCC)CC(=O)N[C@@H](CCCCC)C(=O)O. The number of carbonyl (C=O) groups is 3. The number of nitrogens with one attached hydrogen (secondary N) is 1. The van der Waals surface area contributed by atoms with Gasteiger partial charge in [0.2, 0.25) is 5.91 Å². The standard InChI is InChI=1S/C33H63NO5/c1-4-7-10-12-14-16-18-20-23-25-29(28-31(35)34-30(33(37)38)26-22-9-6-3)39-32(36)27-24-21-19-17-15-13-11-8-5-2/h29-30H,4-28H2,1-3H3,(H,34,35)(H,37,38)/t29-,30+/m1/s1. The van der Waals surface area contributed by atoms with Gasteiger partial charge in [-0.25, -0.2) is 4.79 Å². The maximum absolute atomic E-state index is 12.7. The van der Waals surface area contributed by atoms with Gasteiger partial charge in [-0.1, -0.05) is 143 Å². The lowest BCUT2D eigenvalue weighted by molar-refractivity contribution is -0.151. The van der Waals surface area contributed by atoms with Gasteiger partial charge in [0.15, 0.2) is 0 Å². The van der Waals surface area contributed by atoms with Gasteiger partial charge in [0.25, 0.3) is 0 Å². The number of amides is 1. The van der Waals surface area contributed by atoms with E-state index < -0.39 is 18.1 Å². The predicted octanol–water partition coefficient (Wildman–Crippen LogP) is 9.28. The van der Waals surface area contributed by atoms with Crippen molar-refractivity contribution >= 4 is 17.8 Å². The van der Waals surface area contributed by atoms with Crippen LogP contribution in [-0.4, -0.2) is 35.1 Å². The third kappa shape index (κ3) is 25.1. The highest BCUT2D eigenvalue weighted by atomic mass is 16.5. The van der Waals surface area contributed by atoms with Crippen molar-refractivity contribution in [1.82, 2.24) is 5.32 Å². The van der Waals surface area contributed by atoms with E-state index in [1.54, 1.807) is 0 Å². The van der Waals surface area contributed by atoms with Crippen molar-refractivity contribution in [2.75, 3.05) is 0 Å². The highest BCUT2D eigenvalue weighted by molar-refractivity contribution is 5.84. The van der Waals surface area contributed by atoms with Gasteiger partial charge in [-0.15, -0.1) is 0 Å². The van der Waals surface area contributed by atoms with Gasteiger partial charge in [0.05, 0.1) is 6.42 Å². The first-order chi connectivity index (χ1) is 18.9. The molecule has 230 valence electrons. The molecule has 1 amide bonds. The Bertz CT molecular complexity index is 595. The molecule has 6 heteroatoms. The summed E-state index contributed by atoms with van der Waals surface area (Å²) in [5.74, 6) is -1.57. The summed E-state index contributed by atoms with van der Waals surface area (Å²) in [5, 5.41) is 12.2. The molecule has 6 nitrogen and oxygen atoms in total. The molecular formula is C33H63NO5. The van der Waals surface area contributed by atoms with Crippen LogP contribution >= 0.6 is 0 Å². The molecular weight excluding hydrogens is 490 g/mol. The Morgan fingerprint density at radius 1 is 0.590 bits per heavy atom. The summed E-state index contributed by atoms with van der Waals surface area (Å²) in [6, 6.07) is -0.880. The van der Waals surface area contributed by atoms with Crippen molar-refractivity contribution in [3.63, 3.8) is 0 Å². The van der Waals surface area contributed by atoms with Gasteiger partial charge in [-0.2, -0.15) is 0 Å². The van der Waals surface area contributed by atoms with Gasteiger partial charge < -0.3 is 15.2 Å². The topological polar surface area (TPSA) is 92.7 Å². The van der Waals surface area contributed by atoms with Crippen molar-refractivity contribution in [2.24, 2.45) is 0 Å². The molecule has 0 heterocycles. The number of rotatable bonds is 29. The van der Waals surface area contributed by atoms with E-state index in [0.717, 1.165) is 57.8 Å². The molecule has 0 aromatic rings. The third-order valence-corrected chi connectivity index (χ3v) is 7.55. The van der Waals surface area contributed by atoms with E-state index in [-0.39, 0.29) is 18.3 Å². The molecule has 2 N–H and O–H groups in total. The largest absolute Gasteiger partial charge is 0.480 e. The minimum Gasteiger partial charge on any atom is -0.480 e. The van der Waals surface area contributed by atoms with Gasteiger partial charge in [0.1, 0.15) is 12.1 Å². The fourth-order valence-electron chi connectivity index (χ4n) is 5.03. The number of carboxylic acids is 1. The second-order valence-electron chi connectivity index (χ2n) is 11.5. The quantitative estimate of drug-likeness (QED) is 0.0711. The molecule has 0 aliphatic rings. The minimum absolute atomic E-state index is 0.0398. The molecule has 0 aromatic heterocycles. The smallest absolute Gasteiger partial charge is 0.326 e. The Morgan fingerprint density at radius 3 is 1.49 bits per heavy atom. The second-order valence-corrected chi connectivity index (χ2v) is 11.5. The number of hydrogen-bond acceptors (Lipinski definition) is 4. The first-order valence-electron chi connectivity index (χ1n) is 16.7. The van der Waals surface area contributed by atoms with Crippen LogP contribution in [0.5, 0.6) is 0 Å². The lowest BCUT2D eigenvalue weighted by atomic mass is 10.0.